The lowest BCUT2D eigenvalue weighted by atomic mass is 10.3. The summed E-state index contributed by atoms with van der Waals surface area (Å²) in [4.78, 5) is 10.4. The lowest BCUT2D eigenvalue weighted by molar-refractivity contribution is -0.132. The van der Waals surface area contributed by atoms with Crippen molar-refractivity contribution in [2.75, 3.05) is 0 Å². The van der Waals surface area contributed by atoms with Crippen molar-refractivity contribution >= 4 is 5.97 Å². The van der Waals surface area contributed by atoms with Crippen molar-refractivity contribution in [3.63, 3.8) is 0 Å². The monoisotopic (exact) mass is 206 g/mol. The van der Waals surface area contributed by atoms with Crippen molar-refractivity contribution in [2.24, 2.45) is 0 Å². The number of esters is 1. The molecule has 0 aliphatic carbocycles. The zero-order chi connectivity index (χ0) is 10.9. The molecule has 0 saturated heterocycles. The first-order valence-corrected chi connectivity index (χ1v) is 3.48. The number of hydrogen-bond acceptors (Lipinski definition) is 3. The third-order valence-corrected chi connectivity index (χ3v) is 1.34. The number of aromatic hydroxyl groups is 1. The third-order valence-electron chi connectivity index (χ3n) is 1.34. The van der Waals surface area contributed by atoms with Crippen LogP contribution in [0, 0.1) is 17.5 Å². The molecule has 0 amide bonds. The molecule has 0 aliphatic rings. The molecule has 0 aromatic heterocycles. The normalized spacial score (nSPS) is 10.0. The molecule has 0 heterocycles. The number of carbonyl (C=O) groups excluding carboxylic acids is 1. The average molecular weight is 206 g/mol. The van der Waals surface area contributed by atoms with Gasteiger partial charge >= 0.3 is 5.97 Å². The predicted octanol–water partition coefficient (Wildman–Crippen LogP) is 1.73. The van der Waals surface area contributed by atoms with E-state index in [1.165, 1.54) is 0 Å². The van der Waals surface area contributed by atoms with Gasteiger partial charge in [-0.05, 0) is 0 Å². The predicted molar refractivity (Wildman–Crippen MR) is 39.3 cm³/mol. The van der Waals surface area contributed by atoms with E-state index in [2.05, 4.69) is 4.74 Å². The second-order valence-corrected chi connectivity index (χ2v) is 2.43. The highest BCUT2D eigenvalue weighted by atomic mass is 19.2. The topological polar surface area (TPSA) is 46.5 Å². The fourth-order valence-corrected chi connectivity index (χ4v) is 0.803. The summed E-state index contributed by atoms with van der Waals surface area (Å²) in [5.41, 5.74) is 0. The van der Waals surface area contributed by atoms with Gasteiger partial charge in [0.2, 0.25) is 17.4 Å². The van der Waals surface area contributed by atoms with E-state index in [4.69, 9.17) is 5.11 Å². The Morgan fingerprint density at radius 2 is 1.93 bits per heavy atom. The van der Waals surface area contributed by atoms with Crippen LogP contribution in [0.2, 0.25) is 0 Å². The minimum Gasteiger partial charge on any atom is -0.505 e. The lowest BCUT2D eigenvalue weighted by Crippen LogP contribution is -2.06. The summed E-state index contributed by atoms with van der Waals surface area (Å²) in [5, 5.41) is 8.64. The molecule has 1 N–H and O–H groups in total. The molecule has 0 fully saturated rings. The first-order chi connectivity index (χ1) is 6.43. The largest absolute Gasteiger partial charge is 0.505 e. The van der Waals surface area contributed by atoms with E-state index in [1.807, 2.05) is 0 Å². The second kappa shape index (κ2) is 3.57. The van der Waals surface area contributed by atoms with Crippen LogP contribution in [0.15, 0.2) is 6.07 Å². The van der Waals surface area contributed by atoms with E-state index in [-0.39, 0.29) is 0 Å². The number of halogens is 3. The summed E-state index contributed by atoms with van der Waals surface area (Å²) in [7, 11) is 0. The molecule has 0 spiro atoms. The Balaban J connectivity index is 3.29. The maximum atomic E-state index is 12.8. The number of carbonyl (C=O) groups is 1. The van der Waals surface area contributed by atoms with Gasteiger partial charge in [-0.25, -0.2) is 4.39 Å². The Labute approximate surface area is 76.7 Å². The summed E-state index contributed by atoms with van der Waals surface area (Å²) in [6, 6.07) is 0.316. The number of phenolic OH excluding ortho intramolecular Hbond substituents is 1. The molecule has 1 aromatic carbocycles. The minimum atomic E-state index is -1.74. The van der Waals surface area contributed by atoms with Gasteiger partial charge in [-0.1, -0.05) is 0 Å². The summed E-state index contributed by atoms with van der Waals surface area (Å²) >= 11 is 0. The van der Waals surface area contributed by atoms with Gasteiger partial charge in [0.1, 0.15) is 0 Å². The van der Waals surface area contributed by atoms with Crippen LogP contribution in [-0.4, -0.2) is 11.1 Å². The summed E-state index contributed by atoms with van der Waals surface area (Å²) in [6.07, 6.45) is 0. The molecule has 14 heavy (non-hydrogen) atoms. The molecule has 1 rings (SSSR count). The molecule has 0 radical (unpaired) electrons. The van der Waals surface area contributed by atoms with Crippen LogP contribution >= 0.6 is 0 Å². The van der Waals surface area contributed by atoms with Crippen molar-refractivity contribution in [2.45, 2.75) is 6.92 Å². The maximum Gasteiger partial charge on any atom is 0.308 e. The molecule has 0 unspecified atom stereocenters. The van der Waals surface area contributed by atoms with Crippen LogP contribution in [0.1, 0.15) is 6.92 Å². The van der Waals surface area contributed by atoms with Gasteiger partial charge in [0, 0.05) is 13.0 Å². The smallest absolute Gasteiger partial charge is 0.308 e. The highest BCUT2D eigenvalue weighted by Crippen LogP contribution is 2.29. The minimum absolute atomic E-state index is 0.316. The lowest BCUT2D eigenvalue weighted by Gasteiger charge is -2.05. The SMILES string of the molecule is CC(=O)Oc1c(F)cc(O)c(F)c1F. The first kappa shape index (κ1) is 10.4. The van der Waals surface area contributed by atoms with Gasteiger partial charge in [0.25, 0.3) is 0 Å². The highest BCUT2D eigenvalue weighted by Gasteiger charge is 2.20. The average Bonchev–Trinajstić information content (AvgIpc) is 2.09. The van der Waals surface area contributed by atoms with Crippen LogP contribution in [0.4, 0.5) is 13.2 Å². The van der Waals surface area contributed by atoms with Gasteiger partial charge in [0.05, 0.1) is 0 Å². The molecule has 3 nitrogen and oxygen atoms in total. The van der Waals surface area contributed by atoms with Gasteiger partial charge in [-0.3, -0.25) is 4.79 Å². The van der Waals surface area contributed by atoms with Crippen LogP contribution < -0.4 is 4.74 Å². The second-order valence-electron chi connectivity index (χ2n) is 2.43. The quantitative estimate of drug-likeness (QED) is 0.432. The Bertz CT molecular complexity index is 390. The molecular formula is C8H5F3O3. The molecule has 0 aliphatic heterocycles. The van der Waals surface area contributed by atoms with E-state index < -0.39 is 34.9 Å². The van der Waals surface area contributed by atoms with E-state index >= 15 is 0 Å². The van der Waals surface area contributed by atoms with E-state index in [0.29, 0.717) is 6.07 Å². The summed E-state index contributed by atoms with van der Waals surface area (Å²) in [5.74, 6) is -8.09. The van der Waals surface area contributed by atoms with Gasteiger partial charge in [-0.15, -0.1) is 0 Å². The van der Waals surface area contributed by atoms with Crippen molar-refractivity contribution < 1.29 is 27.8 Å². The summed E-state index contributed by atoms with van der Waals surface area (Å²) < 4.78 is 42.3. The van der Waals surface area contributed by atoms with Crippen molar-refractivity contribution in [3.05, 3.63) is 23.5 Å². The van der Waals surface area contributed by atoms with Crippen LogP contribution in [0.5, 0.6) is 11.5 Å². The molecular weight excluding hydrogens is 201 g/mol. The van der Waals surface area contributed by atoms with Gasteiger partial charge in [0.15, 0.2) is 11.6 Å². The Morgan fingerprint density at radius 1 is 1.36 bits per heavy atom. The molecule has 0 atom stereocenters. The fourth-order valence-electron chi connectivity index (χ4n) is 0.803. The van der Waals surface area contributed by atoms with Gasteiger partial charge < -0.3 is 9.84 Å². The Morgan fingerprint density at radius 3 is 2.43 bits per heavy atom. The van der Waals surface area contributed by atoms with Crippen LogP contribution in [0.3, 0.4) is 0 Å². The number of rotatable bonds is 1. The number of hydrogen-bond donors (Lipinski definition) is 1. The van der Waals surface area contributed by atoms with Crippen molar-refractivity contribution in [1.82, 2.24) is 0 Å². The molecule has 76 valence electrons. The first-order valence-electron chi connectivity index (χ1n) is 3.48. The molecule has 6 heteroatoms. The highest BCUT2D eigenvalue weighted by molar-refractivity contribution is 5.69. The zero-order valence-electron chi connectivity index (χ0n) is 6.97. The Kier molecular flexibility index (Phi) is 2.64. The fraction of sp³-hybridized carbons (Fsp3) is 0.125. The zero-order valence-corrected chi connectivity index (χ0v) is 6.97. The summed E-state index contributed by atoms with van der Waals surface area (Å²) in [6.45, 7) is 0.906. The van der Waals surface area contributed by atoms with E-state index in [9.17, 15) is 18.0 Å². The standard InChI is InChI=1S/C8H5F3O3/c1-3(12)14-8-4(9)2-5(13)6(10)7(8)11/h2,13H,1H3. The van der Waals surface area contributed by atoms with E-state index in [0.717, 1.165) is 6.92 Å². The number of ether oxygens (including phenoxy) is 1. The number of phenols is 1. The molecule has 0 saturated carbocycles. The number of benzene rings is 1. The van der Waals surface area contributed by atoms with Crippen LogP contribution in [-0.2, 0) is 4.79 Å². The van der Waals surface area contributed by atoms with Gasteiger partial charge in [-0.2, -0.15) is 8.78 Å². The van der Waals surface area contributed by atoms with Crippen LogP contribution in [0.25, 0.3) is 0 Å². The van der Waals surface area contributed by atoms with Crippen molar-refractivity contribution in [3.8, 4) is 11.5 Å². The van der Waals surface area contributed by atoms with Crippen molar-refractivity contribution in [1.29, 1.82) is 0 Å². The van der Waals surface area contributed by atoms with E-state index in [1.54, 1.807) is 0 Å². The Hall–Kier alpha value is -1.72. The molecule has 0 bridgehead atoms. The molecule has 1 aromatic rings. The maximum absolute atomic E-state index is 12.8. The third kappa shape index (κ3) is 1.78.